The molecule has 0 radical (unpaired) electrons. The van der Waals surface area contributed by atoms with Crippen LogP contribution < -0.4 is 4.90 Å². The summed E-state index contributed by atoms with van der Waals surface area (Å²) in [6.07, 6.45) is 0. The highest BCUT2D eigenvalue weighted by Gasteiger charge is 2.36. The van der Waals surface area contributed by atoms with Gasteiger partial charge in [-0.25, -0.2) is 0 Å². The lowest BCUT2D eigenvalue weighted by Gasteiger charge is -2.27. The molecule has 0 atom stereocenters. The van der Waals surface area contributed by atoms with Crippen molar-refractivity contribution in [1.82, 2.24) is 0 Å². The Labute approximate surface area is 333 Å². The Balaban J connectivity index is 1.05. The molecule has 11 rings (SSSR count). The van der Waals surface area contributed by atoms with Crippen LogP contribution in [0, 0.1) is 0 Å². The van der Waals surface area contributed by atoms with Crippen molar-refractivity contribution in [3.8, 4) is 44.5 Å². The van der Waals surface area contributed by atoms with E-state index in [0.717, 1.165) is 17.1 Å². The lowest BCUT2D eigenvalue weighted by Crippen LogP contribution is -2.15. The molecule has 0 amide bonds. The maximum atomic E-state index is 2.44. The van der Waals surface area contributed by atoms with Gasteiger partial charge in [-0.05, 0) is 121 Å². The van der Waals surface area contributed by atoms with Crippen LogP contribution in [0.25, 0.3) is 64.7 Å². The lowest BCUT2D eigenvalue weighted by molar-refractivity contribution is 0.660. The molecule has 1 aromatic heterocycles. The van der Waals surface area contributed by atoms with E-state index in [1.54, 1.807) is 0 Å². The smallest absolute Gasteiger partial charge is 0.0476 e. The predicted octanol–water partition coefficient (Wildman–Crippen LogP) is 15.5. The van der Waals surface area contributed by atoms with E-state index < -0.39 is 0 Å². The molecule has 0 N–H and O–H groups in total. The van der Waals surface area contributed by atoms with Crippen molar-refractivity contribution >= 4 is 48.6 Å². The summed E-state index contributed by atoms with van der Waals surface area (Å²) in [6.45, 7) is 9.43. The Morgan fingerprint density at radius 2 is 0.804 bits per heavy atom. The van der Waals surface area contributed by atoms with Crippen molar-refractivity contribution in [3.63, 3.8) is 0 Å². The highest BCUT2D eigenvalue weighted by atomic mass is 32.1. The molecule has 2 heteroatoms. The number of nitrogens with zero attached hydrogens (tertiary/aromatic N) is 1. The number of rotatable bonds is 5. The normalized spacial score (nSPS) is 14.4. The van der Waals surface area contributed by atoms with Crippen molar-refractivity contribution in [2.45, 2.75) is 38.5 Å². The van der Waals surface area contributed by atoms with Crippen LogP contribution in [0.5, 0.6) is 0 Å². The van der Waals surface area contributed by atoms with Gasteiger partial charge in [0.05, 0.1) is 0 Å². The van der Waals surface area contributed by atoms with Crippen LogP contribution in [0.3, 0.4) is 0 Å². The van der Waals surface area contributed by atoms with Crippen LogP contribution in [0.1, 0.15) is 49.9 Å². The zero-order valence-corrected chi connectivity index (χ0v) is 32.9. The Morgan fingerprint density at radius 3 is 1.39 bits per heavy atom. The van der Waals surface area contributed by atoms with E-state index in [4.69, 9.17) is 0 Å². The van der Waals surface area contributed by atoms with Gasteiger partial charge in [0.15, 0.2) is 0 Å². The highest BCUT2D eigenvalue weighted by molar-refractivity contribution is 7.25. The summed E-state index contributed by atoms with van der Waals surface area (Å²) in [7, 11) is 0. The third-order valence-electron chi connectivity index (χ3n) is 12.7. The molecule has 0 spiro atoms. The molecule has 268 valence electrons. The van der Waals surface area contributed by atoms with Gasteiger partial charge in [-0.3, -0.25) is 0 Å². The van der Waals surface area contributed by atoms with E-state index in [0.29, 0.717) is 0 Å². The molecule has 0 unspecified atom stereocenters. The molecule has 8 aromatic carbocycles. The second-order valence-corrected chi connectivity index (χ2v) is 17.7. The van der Waals surface area contributed by atoms with Crippen LogP contribution in [0.4, 0.5) is 17.1 Å². The molecular weight excluding hydrogens is 695 g/mol. The molecule has 9 aromatic rings. The first-order valence-corrected chi connectivity index (χ1v) is 20.5. The van der Waals surface area contributed by atoms with E-state index in [2.05, 4.69) is 209 Å². The Morgan fingerprint density at radius 1 is 0.339 bits per heavy atom. The van der Waals surface area contributed by atoms with Crippen molar-refractivity contribution in [3.05, 3.63) is 198 Å². The zero-order valence-electron chi connectivity index (χ0n) is 32.1. The first-order chi connectivity index (χ1) is 27.3. The molecule has 2 aliphatic carbocycles. The first kappa shape index (κ1) is 33.1. The predicted molar refractivity (Wildman–Crippen MR) is 240 cm³/mol. The second kappa shape index (κ2) is 12.1. The van der Waals surface area contributed by atoms with Crippen molar-refractivity contribution in [1.29, 1.82) is 0 Å². The summed E-state index contributed by atoms with van der Waals surface area (Å²) in [5.41, 5.74) is 19.2. The minimum absolute atomic E-state index is 0.0543. The molecule has 0 fully saturated rings. The van der Waals surface area contributed by atoms with Gasteiger partial charge in [0, 0.05) is 48.1 Å². The highest BCUT2D eigenvalue weighted by Crippen LogP contribution is 2.51. The number of anilines is 3. The fourth-order valence-corrected chi connectivity index (χ4v) is 10.9. The fourth-order valence-electron chi connectivity index (χ4n) is 9.72. The maximum absolute atomic E-state index is 2.44. The van der Waals surface area contributed by atoms with Gasteiger partial charge >= 0.3 is 0 Å². The van der Waals surface area contributed by atoms with Gasteiger partial charge in [-0.2, -0.15) is 0 Å². The Kier molecular flexibility index (Phi) is 7.18. The molecule has 56 heavy (non-hydrogen) atoms. The molecule has 0 bridgehead atoms. The quantitative estimate of drug-likeness (QED) is 0.170. The average Bonchev–Trinajstić information content (AvgIpc) is 3.80. The standard InChI is InChI=1S/C54H41NS/c1-53(2)47-20-8-5-17-41(47)43-26-23-36(31-49(43)53)34-13-11-15-38(29-34)55(40-25-28-46-45-19-7-10-22-51(45)56-52(46)33-40)39-16-12-14-35(30-39)37-24-27-44-42-18-6-9-21-48(42)54(3,4)50(44)32-37/h5-33H,1-4H3. The molecule has 0 saturated heterocycles. The van der Waals surface area contributed by atoms with E-state index in [9.17, 15) is 0 Å². The van der Waals surface area contributed by atoms with E-state index in [1.165, 1.54) is 86.9 Å². The minimum atomic E-state index is -0.0543. The van der Waals surface area contributed by atoms with Crippen molar-refractivity contribution in [2.24, 2.45) is 0 Å². The number of thiophene rings is 1. The summed E-state index contributed by atoms with van der Waals surface area (Å²) >= 11 is 1.87. The summed E-state index contributed by atoms with van der Waals surface area (Å²) in [5.74, 6) is 0. The fraction of sp³-hybridized carbons (Fsp3) is 0.111. The molecule has 0 saturated carbocycles. The first-order valence-electron chi connectivity index (χ1n) is 19.7. The minimum Gasteiger partial charge on any atom is -0.310 e. The topological polar surface area (TPSA) is 3.24 Å². The molecule has 1 heterocycles. The van der Waals surface area contributed by atoms with E-state index >= 15 is 0 Å². The summed E-state index contributed by atoms with van der Waals surface area (Å²) in [5, 5.41) is 2.62. The SMILES string of the molecule is CC1(C)c2ccccc2-c2ccc(-c3cccc(N(c4cccc(-c5ccc6c(c5)C(C)(C)c5ccccc5-6)c4)c4ccc5c(c4)sc4ccccc45)c3)cc21. The van der Waals surface area contributed by atoms with E-state index in [-0.39, 0.29) is 10.8 Å². The third-order valence-corrected chi connectivity index (χ3v) is 13.8. The zero-order chi connectivity index (χ0) is 37.8. The van der Waals surface area contributed by atoms with Crippen LogP contribution in [-0.2, 0) is 10.8 Å². The molecule has 1 nitrogen and oxygen atoms in total. The number of benzene rings is 8. The Hall–Kier alpha value is -6.22. The van der Waals surface area contributed by atoms with Crippen LogP contribution in [-0.4, -0.2) is 0 Å². The van der Waals surface area contributed by atoms with Crippen molar-refractivity contribution < 1.29 is 0 Å². The lowest BCUT2D eigenvalue weighted by atomic mass is 9.81. The number of hydrogen-bond acceptors (Lipinski definition) is 2. The van der Waals surface area contributed by atoms with E-state index in [1.807, 2.05) is 11.3 Å². The van der Waals surface area contributed by atoms with Gasteiger partial charge in [0.1, 0.15) is 0 Å². The summed E-state index contributed by atoms with van der Waals surface area (Å²) in [6, 6.07) is 65.8. The monoisotopic (exact) mass is 735 g/mol. The van der Waals surface area contributed by atoms with Gasteiger partial charge in [0.25, 0.3) is 0 Å². The van der Waals surface area contributed by atoms with Crippen LogP contribution in [0.15, 0.2) is 176 Å². The average molecular weight is 736 g/mol. The second-order valence-electron chi connectivity index (χ2n) is 16.6. The van der Waals surface area contributed by atoms with Crippen molar-refractivity contribution in [2.75, 3.05) is 4.90 Å². The van der Waals surface area contributed by atoms with Gasteiger partial charge in [-0.1, -0.05) is 149 Å². The Bertz CT molecular complexity index is 2900. The van der Waals surface area contributed by atoms with Crippen LogP contribution in [0.2, 0.25) is 0 Å². The maximum Gasteiger partial charge on any atom is 0.0476 e. The molecule has 0 aliphatic heterocycles. The van der Waals surface area contributed by atoms with Gasteiger partial charge in [-0.15, -0.1) is 11.3 Å². The summed E-state index contributed by atoms with van der Waals surface area (Å²) in [4.78, 5) is 2.44. The van der Waals surface area contributed by atoms with Crippen LogP contribution >= 0.6 is 11.3 Å². The summed E-state index contributed by atoms with van der Waals surface area (Å²) < 4.78 is 2.61. The number of fused-ring (bicyclic) bond motifs is 9. The number of hydrogen-bond donors (Lipinski definition) is 0. The van der Waals surface area contributed by atoms with Gasteiger partial charge < -0.3 is 4.90 Å². The molecule has 2 aliphatic rings. The largest absolute Gasteiger partial charge is 0.310 e. The third kappa shape index (κ3) is 4.92. The molecular formula is C54H41NS. The van der Waals surface area contributed by atoms with Gasteiger partial charge in [0.2, 0.25) is 0 Å².